The van der Waals surface area contributed by atoms with Crippen molar-refractivity contribution >= 4 is 92.1 Å². The van der Waals surface area contributed by atoms with E-state index in [1.165, 1.54) is 25.6 Å². The molecular formula is C25H24ClN8O8S2+. The van der Waals surface area contributed by atoms with Gasteiger partial charge in [0.1, 0.15) is 38.5 Å². The van der Waals surface area contributed by atoms with E-state index in [2.05, 4.69) is 25.8 Å². The van der Waals surface area contributed by atoms with Gasteiger partial charge in [-0.15, -0.1) is 11.8 Å². The number of anilines is 2. The van der Waals surface area contributed by atoms with E-state index in [0.29, 0.717) is 22.4 Å². The number of carbonyl (C=O) groups excluding carboxylic acids is 3. The third kappa shape index (κ3) is 5.90. The summed E-state index contributed by atoms with van der Waals surface area (Å²) in [7, 11) is 0. The lowest BCUT2D eigenvalue weighted by Gasteiger charge is -2.49. The summed E-state index contributed by atoms with van der Waals surface area (Å²) in [6, 6.07) is 4.15. The highest BCUT2D eigenvalue weighted by atomic mass is 35.5. The number of hydrogen-bond acceptors (Lipinski definition) is 11. The molecule has 2 aliphatic rings. The zero-order chi connectivity index (χ0) is 31.9. The van der Waals surface area contributed by atoms with Crippen molar-refractivity contribution in [2.75, 3.05) is 16.8 Å². The molecule has 3 amide bonds. The summed E-state index contributed by atoms with van der Waals surface area (Å²) >= 11 is 8.25. The first-order valence-corrected chi connectivity index (χ1v) is 15.0. The van der Waals surface area contributed by atoms with Crippen LogP contribution in [0.1, 0.15) is 19.5 Å². The monoisotopic (exact) mass is 663 g/mol. The van der Waals surface area contributed by atoms with Crippen LogP contribution in [0.4, 0.5) is 10.9 Å². The molecule has 3 atom stereocenters. The van der Waals surface area contributed by atoms with Gasteiger partial charge in [0.25, 0.3) is 11.8 Å². The van der Waals surface area contributed by atoms with Crippen LogP contribution in [0.25, 0.3) is 11.0 Å². The van der Waals surface area contributed by atoms with Crippen LogP contribution in [0, 0.1) is 0 Å². The third-order valence-corrected chi connectivity index (χ3v) is 8.99. The quantitative estimate of drug-likeness (QED) is 0.0766. The standard InChI is InChI=1S/C25H23ClN8O8S2/c1-9(23(38)39)42-32-16(15-19(26)44-25(27)31-15)20(36)30-17-21(37)34-18(24(40)41)11(8-43-22(17)34)7-33-5-3-4-12-13(33)6-14(29-12)28-10(2)35/h3-6,9,17,22H,7-8H2,1-2H3,(H6,27,28,29,30,31,35,36,38,39,40,41)/p+1/t9-,17+,22?/m0/s1. The maximum absolute atomic E-state index is 13.3. The number of β-lactam (4-membered cyclic amide) rings is 1. The number of aromatic nitrogens is 3. The number of halogens is 1. The number of carboxylic acids is 2. The van der Waals surface area contributed by atoms with Gasteiger partial charge in [-0.05, 0) is 13.0 Å². The predicted octanol–water partition coefficient (Wildman–Crippen LogP) is 0.739. The highest BCUT2D eigenvalue weighted by Crippen LogP contribution is 2.40. The number of aromatic amines is 1. The Bertz CT molecular complexity index is 1790. The molecule has 5 rings (SSSR count). The van der Waals surface area contributed by atoms with Crippen LogP contribution in [-0.2, 0) is 35.4 Å². The SMILES string of the molecule is CC(=O)Nc1cc2c(ccc[n+]2CC2=C(C(=O)O)N3C(=O)[C@@H](NC(=O)C(=NO[C@@H](C)C(=O)O)c4nc(N)sc4Cl)C3SC2)[nH]1. The number of oxime groups is 1. The number of aliphatic carboxylic acids is 2. The Morgan fingerprint density at radius 2 is 2.11 bits per heavy atom. The van der Waals surface area contributed by atoms with E-state index >= 15 is 0 Å². The smallest absolute Gasteiger partial charge is 0.352 e. The molecule has 3 aromatic rings. The summed E-state index contributed by atoms with van der Waals surface area (Å²) in [5.74, 6) is -3.84. The van der Waals surface area contributed by atoms with Gasteiger partial charge in [0.15, 0.2) is 23.6 Å². The Morgan fingerprint density at radius 3 is 2.75 bits per heavy atom. The molecule has 3 aromatic heterocycles. The Labute approximate surface area is 260 Å². The van der Waals surface area contributed by atoms with Crippen molar-refractivity contribution < 1.29 is 43.6 Å². The lowest BCUT2D eigenvalue weighted by atomic mass is 10.0. The second-order valence-electron chi connectivity index (χ2n) is 9.62. The molecular weight excluding hydrogens is 640 g/mol. The van der Waals surface area contributed by atoms with Crippen molar-refractivity contribution in [3.05, 3.63) is 45.7 Å². The van der Waals surface area contributed by atoms with E-state index in [0.717, 1.165) is 16.2 Å². The Morgan fingerprint density at radius 1 is 1.36 bits per heavy atom. The molecule has 0 radical (unpaired) electrons. The molecule has 0 spiro atoms. The zero-order valence-electron chi connectivity index (χ0n) is 22.9. The average Bonchev–Trinajstić information content (AvgIpc) is 3.52. The summed E-state index contributed by atoms with van der Waals surface area (Å²) in [5, 5.41) is 27.3. The Kier molecular flexibility index (Phi) is 8.49. The summed E-state index contributed by atoms with van der Waals surface area (Å²) in [6.45, 7) is 2.71. The molecule has 0 aliphatic carbocycles. The van der Waals surface area contributed by atoms with Gasteiger partial charge in [0.2, 0.25) is 17.5 Å². The number of thioether (sulfide) groups is 1. The van der Waals surface area contributed by atoms with Crippen molar-refractivity contribution in [1.82, 2.24) is 20.2 Å². The number of carbonyl (C=O) groups is 5. The van der Waals surface area contributed by atoms with E-state index in [1.807, 2.05) is 0 Å². The maximum atomic E-state index is 13.3. The topological polar surface area (TPSA) is 233 Å². The predicted molar refractivity (Wildman–Crippen MR) is 159 cm³/mol. The minimum absolute atomic E-state index is 0.00817. The van der Waals surface area contributed by atoms with E-state index in [9.17, 15) is 29.1 Å². The molecule has 2 aliphatic heterocycles. The van der Waals surface area contributed by atoms with E-state index in [4.69, 9.17) is 27.3 Å². The summed E-state index contributed by atoms with van der Waals surface area (Å²) in [4.78, 5) is 74.7. The van der Waals surface area contributed by atoms with Gasteiger partial charge in [0, 0.05) is 24.3 Å². The fraction of sp³-hybridized carbons (Fsp3) is 0.280. The first-order chi connectivity index (χ1) is 20.8. The van der Waals surface area contributed by atoms with Crippen LogP contribution >= 0.6 is 34.7 Å². The molecule has 19 heteroatoms. The molecule has 1 saturated heterocycles. The fourth-order valence-electron chi connectivity index (χ4n) is 4.59. The van der Waals surface area contributed by atoms with E-state index < -0.39 is 47.0 Å². The van der Waals surface area contributed by atoms with Crippen LogP contribution in [-0.4, -0.2) is 83.7 Å². The largest absolute Gasteiger partial charge is 0.478 e. The molecule has 7 N–H and O–H groups in total. The van der Waals surface area contributed by atoms with Crippen LogP contribution in [0.5, 0.6) is 0 Å². The Balaban J connectivity index is 1.38. The van der Waals surface area contributed by atoms with Crippen LogP contribution in [0.2, 0.25) is 4.34 Å². The average molecular weight is 664 g/mol. The number of amides is 3. The van der Waals surface area contributed by atoms with Crippen molar-refractivity contribution in [1.29, 1.82) is 0 Å². The molecule has 0 aromatic carbocycles. The number of nitrogens with two attached hydrogens (primary N) is 1. The van der Waals surface area contributed by atoms with Crippen molar-refractivity contribution in [3.8, 4) is 0 Å². The van der Waals surface area contributed by atoms with Gasteiger partial charge in [0.05, 0.1) is 6.07 Å². The summed E-state index contributed by atoms with van der Waals surface area (Å²) in [6.07, 6.45) is 0.332. The fourth-order valence-corrected chi connectivity index (χ4v) is 6.86. The number of rotatable bonds is 10. The van der Waals surface area contributed by atoms with Crippen LogP contribution in [0.15, 0.2) is 40.8 Å². The number of carboxylic acid groups (broad SMARTS) is 2. The van der Waals surface area contributed by atoms with Crippen LogP contribution in [0.3, 0.4) is 0 Å². The molecule has 44 heavy (non-hydrogen) atoms. The van der Waals surface area contributed by atoms with Gasteiger partial charge in [-0.3, -0.25) is 19.3 Å². The minimum Gasteiger partial charge on any atom is -0.478 e. The number of H-pyrrole nitrogens is 1. The highest BCUT2D eigenvalue weighted by molar-refractivity contribution is 8.00. The number of hydrogen-bond donors (Lipinski definition) is 6. The van der Waals surface area contributed by atoms with Gasteiger partial charge < -0.3 is 36.4 Å². The zero-order valence-corrected chi connectivity index (χ0v) is 25.2. The molecule has 1 unspecified atom stereocenters. The van der Waals surface area contributed by atoms with Crippen molar-refractivity contribution in [2.45, 2.75) is 37.9 Å². The van der Waals surface area contributed by atoms with Gasteiger partial charge >= 0.3 is 11.9 Å². The summed E-state index contributed by atoms with van der Waals surface area (Å²) in [5.41, 5.74) is 6.68. The lowest BCUT2D eigenvalue weighted by molar-refractivity contribution is -0.663. The molecule has 16 nitrogen and oxygen atoms in total. The first kappa shape index (κ1) is 30.8. The number of nitrogens with one attached hydrogen (secondary N) is 3. The number of thiazole rings is 1. The van der Waals surface area contributed by atoms with Gasteiger partial charge in [-0.2, -0.15) is 4.57 Å². The minimum atomic E-state index is -1.42. The number of nitrogens with zero attached hydrogens (tertiary/aromatic N) is 4. The first-order valence-electron chi connectivity index (χ1n) is 12.7. The second-order valence-corrected chi connectivity index (χ2v) is 12.4. The summed E-state index contributed by atoms with van der Waals surface area (Å²) < 4.78 is 1.78. The van der Waals surface area contributed by atoms with Crippen molar-refractivity contribution in [3.63, 3.8) is 0 Å². The number of nitrogen functional groups attached to an aromatic ring is 1. The number of fused-ring (bicyclic) bond motifs is 2. The van der Waals surface area contributed by atoms with Crippen LogP contribution < -0.4 is 20.9 Å². The van der Waals surface area contributed by atoms with Gasteiger partial charge in [-0.1, -0.05) is 28.1 Å². The molecule has 0 saturated carbocycles. The molecule has 230 valence electrons. The highest BCUT2D eigenvalue weighted by Gasteiger charge is 2.55. The van der Waals surface area contributed by atoms with Crippen molar-refractivity contribution in [2.24, 2.45) is 5.16 Å². The Hall–Kier alpha value is -4.68. The molecule has 5 heterocycles. The van der Waals surface area contributed by atoms with E-state index in [1.54, 1.807) is 29.0 Å². The van der Waals surface area contributed by atoms with E-state index in [-0.39, 0.29) is 39.1 Å². The third-order valence-electron chi connectivity index (χ3n) is 6.56. The second kappa shape index (κ2) is 12.1. The molecule has 1 fully saturated rings. The number of pyridine rings is 1. The maximum Gasteiger partial charge on any atom is 0.352 e. The van der Waals surface area contributed by atoms with Gasteiger partial charge in [-0.25, -0.2) is 14.6 Å². The molecule has 0 bridgehead atoms. The lowest BCUT2D eigenvalue weighted by Crippen LogP contribution is -2.71. The normalized spacial score (nSPS) is 18.8.